The van der Waals surface area contributed by atoms with Crippen LogP contribution in [0.5, 0.6) is 0 Å². The third kappa shape index (κ3) is 5.00. The summed E-state index contributed by atoms with van der Waals surface area (Å²) >= 11 is 12.1. The number of hydrogen-bond acceptors (Lipinski definition) is 1. The van der Waals surface area contributed by atoms with Crippen LogP contribution in [0.15, 0.2) is 78.9 Å². The predicted octanol–water partition coefficient (Wildman–Crippen LogP) is 6.22. The summed E-state index contributed by atoms with van der Waals surface area (Å²) in [6.45, 7) is 2.04. The lowest BCUT2D eigenvalue weighted by atomic mass is 9.95. The Morgan fingerprint density at radius 1 is 0.963 bits per heavy atom. The Bertz CT molecular complexity index is 967. The second kappa shape index (κ2) is 8.90. The molecule has 136 valence electrons. The van der Waals surface area contributed by atoms with E-state index >= 15 is 0 Å². The number of rotatable bonds is 5. The monoisotopic (exact) mass is 395 g/mol. The number of hydrogen-bond donors (Lipinski definition) is 1. The molecule has 0 saturated carbocycles. The van der Waals surface area contributed by atoms with E-state index in [1.807, 2.05) is 61.5 Å². The van der Waals surface area contributed by atoms with Crippen molar-refractivity contribution in [3.05, 3.63) is 111 Å². The van der Waals surface area contributed by atoms with Crippen molar-refractivity contribution in [3.63, 3.8) is 0 Å². The highest BCUT2D eigenvalue weighted by Gasteiger charge is 2.17. The van der Waals surface area contributed by atoms with E-state index in [0.717, 1.165) is 22.3 Å². The summed E-state index contributed by atoms with van der Waals surface area (Å²) in [4.78, 5) is 12.6. The van der Waals surface area contributed by atoms with Crippen LogP contribution in [-0.2, 0) is 4.79 Å². The second-order valence-electron chi connectivity index (χ2n) is 6.21. The molecule has 3 rings (SSSR count). The third-order valence-electron chi connectivity index (χ3n) is 4.30. The third-order valence-corrected chi connectivity index (χ3v) is 4.86. The quantitative estimate of drug-likeness (QED) is 0.510. The van der Waals surface area contributed by atoms with E-state index in [1.54, 1.807) is 24.3 Å². The summed E-state index contributed by atoms with van der Waals surface area (Å²) in [5, 5.41) is 4.16. The molecule has 27 heavy (non-hydrogen) atoms. The lowest BCUT2D eigenvalue weighted by molar-refractivity contribution is -0.116. The molecular formula is C23H19Cl2NO. The van der Waals surface area contributed by atoms with Gasteiger partial charge in [-0.2, -0.15) is 0 Å². The minimum absolute atomic E-state index is 0.196. The first-order valence-electron chi connectivity index (χ1n) is 8.58. The summed E-state index contributed by atoms with van der Waals surface area (Å²) in [5.74, 6) is -0.196. The Morgan fingerprint density at radius 3 is 2.37 bits per heavy atom. The van der Waals surface area contributed by atoms with Crippen LogP contribution in [0.4, 0.5) is 0 Å². The summed E-state index contributed by atoms with van der Waals surface area (Å²) < 4.78 is 0. The first-order chi connectivity index (χ1) is 13.0. The van der Waals surface area contributed by atoms with E-state index in [4.69, 9.17) is 23.2 Å². The van der Waals surface area contributed by atoms with E-state index in [0.29, 0.717) is 10.0 Å². The van der Waals surface area contributed by atoms with E-state index in [9.17, 15) is 4.79 Å². The smallest absolute Gasteiger partial charge is 0.244 e. The van der Waals surface area contributed by atoms with Gasteiger partial charge in [0.25, 0.3) is 0 Å². The molecule has 1 unspecified atom stereocenters. The van der Waals surface area contributed by atoms with Gasteiger partial charge in [-0.3, -0.25) is 4.79 Å². The maximum Gasteiger partial charge on any atom is 0.244 e. The molecule has 0 radical (unpaired) electrons. The molecule has 0 heterocycles. The van der Waals surface area contributed by atoms with Crippen molar-refractivity contribution in [2.45, 2.75) is 13.0 Å². The summed E-state index contributed by atoms with van der Waals surface area (Å²) in [5.41, 5.74) is 3.95. The van der Waals surface area contributed by atoms with Gasteiger partial charge in [-0.15, -0.1) is 0 Å². The Labute approximate surface area is 169 Å². The highest BCUT2D eigenvalue weighted by Crippen LogP contribution is 2.25. The Kier molecular flexibility index (Phi) is 6.33. The van der Waals surface area contributed by atoms with Gasteiger partial charge >= 0.3 is 0 Å². The molecule has 1 N–H and O–H groups in total. The average molecular weight is 396 g/mol. The summed E-state index contributed by atoms with van der Waals surface area (Å²) in [6, 6.07) is 22.9. The zero-order valence-electron chi connectivity index (χ0n) is 14.8. The molecule has 2 nitrogen and oxygen atoms in total. The number of halogens is 2. The number of carbonyl (C=O) groups excluding carboxylic acids is 1. The number of benzene rings is 3. The van der Waals surface area contributed by atoms with E-state index in [-0.39, 0.29) is 11.9 Å². The SMILES string of the molecule is Cc1ccccc1C(NC(=O)/C=C/c1ccc(Cl)cc1Cl)c1ccccc1. The van der Waals surface area contributed by atoms with Crippen molar-refractivity contribution in [3.8, 4) is 0 Å². The molecule has 0 fully saturated rings. The van der Waals surface area contributed by atoms with Crippen LogP contribution in [0.1, 0.15) is 28.3 Å². The minimum Gasteiger partial charge on any atom is -0.342 e. The van der Waals surface area contributed by atoms with Crippen molar-refractivity contribution >= 4 is 35.2 Å². The molecule has 1 atom stereocenters. The molecule has 0 bridgehead atoms. The maximum absolute atomic E-state index is 12.6. The van der Waals surface area contributed by atoms with E-state index in [1.165, 1.54) is 6.08 Å². The van der Waals surface area contributed by atoms with Crippen LogP contribution in [0.2, 0.25) is 10.0 Å². The predicted molar refractivity (Wildman–Crippen MR) is 113 cm³/mol. The Balaban J connectivity index is 1.85. The van der Waals surface area contributed by atoms with Crippen LogP contribution in [0.25, 0.3) is 6.08 Å². The van der Waals surface area contributed by atoms with Crippen molar-refractivity contribution in [2.24, 2.45) is 0 Å². The molecule has 0 aliphatic rings. The fourth-order valence-corrected chi connectivity index (χ4v) is 3.36. The van der Waals surface area contributed by atoms with Crippen LogP contribution < -0.4 is 5.32 Å². The molecule has 4 heteroatoms. The van der Waals surface area contributed by atoms with Crippen LogP contribution in [0, 0.1) is 6.92 Å². The van der Waals surface area contributed by atoms with E-state index < -0.39 is 0 Å². The topological polar surface area (TPSA) is 29.1 Å². The summed E-state index contributed by atoms with van der Waals surface area (Å²) in [7, 11) is 0. The van der Waals surface area contributed by atoms with Gasteiger partial charge < -0.3 is 5.32 Å². The highest BCUT2D eigenvalue weighted by molar-refractivity contribution is 6.35. The van der Waals surface area contributed by atoms with Gasteiger partial charge in [-0.05, 0) is 47.4 Å². The number of aryl methyl sites for hydroxylation is 1. The van der Waals surface area contributed by atoms with E-state index in [2.05, 4.69) is 5.32 Å². The normalized spacial score (nSPS) is 12.1. The molecule has 3 aromatic carbocycles. The number of carbonyl (C=O) groups is 1. The largest absolute Gasteiger partial charge is 0.342 e. The lowest BCUT2D eigenvalue weighted by Gasteiger charge is -2.21. The zero-order chi connectivity index (χ0) is 19.2. The molecule has 0 saturated heterocycles. The van der Waals surface area contributed by atoms with Crippen molar-refractivity contribution in [1.82, 2.24) is 5.32 Å². The van der Waals surface area contributed by atoms with Crippen LogP contribution in [-0.4, -0.2) is 5.91 Å². The number of nitrogens with one attached hydrogen (secondary N) is 1. The molecule has 0 spiro atoms. The Morgan fingerprint density at radius 2 is 1.67 bits per heavy atom. The average Bonchev–Trinajstić information content (AvgIpc) is 2.67. The van der Waals surface area contributed by atoms with Gasteiger partial charge in [-0.25, -0.2) is 0 Å². The molecular weight excluding hydrogens is 377 g/mol. The fraction of sp³-hybridized carbons (Fsp3) is 0.0870. The second-order valence-corrected chi connectivity index (χ2v) is 7.05. The molecule has 3 aromatic rings. The van der Waals surface area contributed by atoms with Gasteiger partial charge in [0, 0.05) is 16.1 Å². The molecule has 0 aromatic heterocycles. The van der Waals surface area contributed by atoms with Gasteiger partial charge in [0.2, 0.25) is 5.91 Å². The van der Waals surface area contributed by atoms with Crippen molar-refractivity contribution < 1.29 is 4.79 Å². The van der Waals surface area contributed by atoms with Crippen molar-refractivity contribution in [1.29, 1.82) is 0 Å². The molecule has 0 aliphatic heterocycles. The van der Waals surface area contributed by atoms with Crippen LogP contribution >= 0.6 is 23.2 Å². The zero-order valence-corrected chi connectivity index (χ0v) is 16.3. The first kappa shape index (κ1) is 19.2. The maximum atomic E-state index is 12.6. The molecule has 1 amide bonds. The van der Waals surface area contributed by atoms with Gasteiger partial charge in [-0.1, -0.05) is 83.9 Å². The Hall–Kier alpha value is -2.55. The van der Waals surface area contributed by atoms with Gasteiger partial charge in [0.1, 0.15) is 0 Å². The van der Waals surface area contributed by atoms with Gasteiger partial charge in [0.05, 0.1) is 6.04 Å². The minimum atomic E-state index is -0.231. The highest BCUT2D eigenvalue weighted by atomic mass is 35.5. The van der Waals surface area contributed by atoms with Crippen LogP contribution in [0.3, 0.4) is 0 Å². The molecule has 0 aliphatic carbocycles. The standard InChI is InChI=1S/C23H19Cl2NO/c1-16-7-5-6-10-20(16)23(18-8-3-2-4-9-18)26-22(27)14-12-17-11-13-19(24)15-21(17)25/h2-15,23H,1H3,(H,26,27)/b14-12+. The van der Waals surface area contributed by atoms with Crippen molar-refractivity contribution in [2.75, 3.05) is 0 Å². The lowest BCUT2D eigenvalue weighted by Crippen LogP contribution is -2.28. The van der Waals surface area contributed by atoms with Gasteiger partial charge in [0.15, 0.2) is 0 Å². The number of amides is 1. The fourth-order valence-electron chi connectivity index (χ4n) is 2.89. The summed E-state index contributed by atoms with van der Waals surface area (Å²) in [6.07, 6.45) is 3.18. The first-order valence-corrected chi connectivity index (χ1v) is 9.34.